The van der Waals surface area contributed by atoms with Gasteiger partial charge in [-0.15, -0.1) is 0 Å². The van der Waals surface area contributed by atoms with Gasteiger partial charge in [0.25, 0.3) is 0 Å². The summed E-state index contributed by atoms with van der Waals surface area (Å²) >= 11 is 0. The standard InChI is InChI=1S/C23H36O4/c1-20(2,3)16-12-15-18(21(4,5)6)23(26-27-23)19(24)25-22(7,8)17-13-10-9-11-14-17/h9-11,13-14,18H,12,15-16H2,1-8H3. The predicted octanol–water partition coefficient (Wildman–Crippen LogP) is 6.00. The summed E-state index contributed by atoms with van der Waals surface area (Å²) in [6.07, 6.45) is 2.94. The number of hydrogen-bond acceptors (Lipinski definition) is 4. The molecule has 152 valence electrons. The Morgan fingerprint density at radius 2 is 1.56 bits per heavy atom. The van der Waals surface area contributed by atoms with Crippen LogP contribution >= 0.6 is 0 Å². The van der Waals surface area contributed by atoms with E-state index in [2.05, 4.69) is 41.5 Å². The Labute approximate surface area is 164 Å². The van der Waals surface area contributed by atoms with Crippen molar-refractivity contribution in [2.24, 2.45) is 16.7 Å². The lowest BCUT2D eigenvalue weighted by molar-refractivity contribution is -0.170. The summed E-state index contributed by atoms with van der Waals surface area (Å²) in [6, 6.07) is 9.74. The van der Waals surface area contributed by atoms with Crippen LogP contribution in [0, 0.1) is 16.7 Å². The van der Waals surface area contributed by atoms with E-state index in [1.807, 2.05) is 44.2 Å². The van der Waals surface area contributed by atoms with Crippen molar-refractivity contribution in [3.05, 3.63) is 35.9 Å². The number of carbonyl (C=O) groups is 1. The van der Waals surface area contributed by atoms with Gasteiger partial charge in [-0.05, 0) is 43.1 Å². The molecule has 1 aliphatic rings. The first-order chi connectivity index (χ1) is 12.3. The van der Waals surface area contributed by atoms with Crippen LogP contribution in [0.3, 0.4) is 0 Å². The molecule has 1 aliphatic heterocycles. The van der Waals surface area contributed by atoms with Crippen LogP contribution in [0.25, 0.3) is 0 Å². The number of rotatable bonds is 7. The quantitative estimate of drug-likeness (QED) is 0.332. The molecule has 1 aromatic carbocycles. The molecule has 1 saturated heterocycles. The Balaban J connectivity index is 2.14. The van der Waals surface area contributed by atoms with Crippen LogP contribution in [0.15, 0.2) is 30.3 Å². The smallest absolute Gasteiger partial charge is 0.373 e. The van der Waals surface area contributed by atoms with Crippen LogP contribution in [0.1, 0.15) is 80.2 Å². The summed E-state index contributed by atoms with van der Waals surface area (Å²) in [5.41, 5.74) is 0.296. The molecular weight excluding hydrogens is 340 g/mol. The zero-order valence-corrected chi connectivity index (χ0v) is 18.2. The highest BCUT2D eigenvalue weighted by molar-refractivity contribution is 5.80. The van der Waals surface area contributed by atoms with Gasteiger partial charge in [0, 0.05) is 5.92 Å². The lowest BCUT2D eigenvalue weighted by Gasteiger charge is -2.34. The maximum absolute atomic E-state index is 13.1. The molecule has 4 heteroatoms. The Kier molecular flexibility index (Phi) is 6.13. The first-order valence-corrected chi connectivity index (χ1v) is 9.94. The molecule has 0 radical (unpaired) electrons. The maximum atomic E-state index is 13.1. The zero-order chi connectivity index (χ0) is 20.5. The average Bonchev–Trinajstić information content (AvgIpc) is 3.31. The minimum atomic E-state index is -1.29. The van der Waals surface area contributed by atoms with E-state index in [0.717, 1.165) is 24.8 Å². The van der Waals surface area contributed by atoms with Gasteiger partial charge < -0.3 is 4.74 Å². The van der Waals surface area contributed by atoms with Crippen molar-refractivity contribution in [3.8, 4) is 0 Å². The average molecular weight is 377 g/mol. The molecule has 1 aromatic rings. The van der Waals surface area contributed by atoms with Crippen LogP contribution in [0.2, 0.25) is 0 Å². The third-order valence-electron chi connectivity index (χ3n) is 5.29. The van der Waals surface area contributed by atoms with E-state index >= 15 is 0 Å². The first kappa shape index (κ1) is 21.9. The van der Waals surface area contributed by atoms with E-state index in [-0.39, 0.29) is 16.7 Å². The fraction of sp³-hybridized carbons (Fsp3) is 0.696. The van der Waals surface area contributed by atoms with Crippen molar-refractivity contribution in [2.45, 2.75) is 86.0 Å². The third-order valence-corrected chi connectivity index (χ3v) is 5.29. The largest absolute Gasteiger partial charge is 0.451 e. The molecule has 2 rings (SSSR count). The van der Waals surface area contributed by atoms with E-state index < -0.39 is 17.4 Å². The van der Waals surface area contributed by atoms with Gasteiger partial charge >= 0.3 is 11.8 Å². The van der Waals surface area contributed by atoms with E-state index in [0.29, 0.717) is 0 Å². The minimum Gasteiger partial charge on any atom is -0.451 e. The molecule has 1 fully saturated rings. The molecule has 4 nitrogen and oxygen atoms in total. The molecule has 0 N–H and O–H groups in total. The topological polar surface area (TPSA) is 51.4 Å². The highest BCUT2D eigenvalue weighted by Gasteiger charge is 2.67. The minimum absolute atomic E-state index is 0.0774. The van der Waals surface area contributed by atoms with E-state index in [1.54, 1.807) is 0 Å². The summed E-state index contributed by atoms with van der Waals surface area (Å²) in [5.74, 6) is -1.80. The number of esters is 1. The number of benzene rings is 1. The van der Waals surface area contributed by atoms with Gasteiger partial charge in [0.2, 0.25) is 0 Å². The summed E-state index contributed by atoms with van der Waals surface area (Å²) in [5, 5.41) is 0. The highest BCUT2D eigenvalue weighted by Crippen LogP contribution is 2.50. The lowest BCUT2D eigenvalue weighted by atomic mass is 9.72. The van der Waals surface area contributed by atoms with Gasteiger partial charge in [0.15, 0.2) is 0 Å². The van der Waals surface area contributed by atoms with Gasteiger partial charge in [0.05, 0.1) is 0 Å². The van der Waals surface area contributed by atoms with Crippen molar-refractivity contribution < 1.29 is 19.3 Å². The molecule has 27 heavy (non-hydrogen) atoms. The van der Waals surface area contributed by atoms with Gasteiger partial charge in [-0.2, -0.15) is 9.78 Å². The maximum Gasteiger partial charge on any atom is 0.373 e. The van der Waals surface area contributed by atoms with Crippen LogP contribution in [-0.4, -0.2) is 11.8 Å². The Morgan fingerprint density at radius 1 is 1.00 bits per heavy atom. The number of hydrogen-bond donors (Lipinski definition) is 0. The Hall–Kier alpha value is -1.39. The molecule has 1 unspecified atom stereocenters. The van der Waals surface area contributed by atoms with Crippen LogP contribution in [0.5, 0.6) is 0 Å². The van der Waals surface area contributed by atoms with Crippen molar-refractivity contribution >= 4 is 5.97 Å². The lowest BCUT2D eigenvalue weighted by Crippen LogP contribution is -2.44. The monoisotopic (exact) mass is 376 g/mol. The summed E-state index contributed by atoms with van der Waals surface area (Å²) < 4.78 is 5.89. The van der Waals surface area contributed by atoms with E-state index in [4.69, 9.17) is 14.5 Å². The second kappa shape index (κ2) is 7.56. The Bertz CT molecular complexity index is 631. The van der Waals surface area contributed by atoms with Crippen LogP contribution in [0.4, 0.5) is 0 Å². The molecule has 0 aromatic heterocycles. The van der Waals surface area contributed by atoms with E-state index in [1.165, 1.54) is 0 Å². The fourth-order valence-electron chi connectivity index (χ4n) is 3.60. The molecule has 1 heterocycles. The second-order valence-corrected chi connectivity index (χ2v) is 10.5. The van der Waals surface area contributed by atoms with Gasteiger partial charge in [-0.1, -0.05) is 78.3 Å². The second-order valence-electron chi connectivity index (χ2n) is 10.5. The van der Waals surface area contributed by atoms with Gasteiger partial charge in [0.1, 0.15) is 5.60 Å². The molecule has 0 aliphatic carbocycles. The van der Waals surface area contributed by atoms with Crippen LogP contribution < -0.4 is 0 Å². The predicted molar refractivity (Wildman–Crippen MR) is 107 cm³/mol. The Morgan fingerprint density at radius 3 is 2.00 bits per heavy atom. The summed E-state index contributed by atoms with van der Waals surface area (Å²) in [6.45, 7) is 16.8. The molecule has 0 bridgehead atoms. The van der Waals surface area contributed by atoms with Gasteiger partial charge in [-0.25, -0.2) is 4.79 Å². The SMILES string of the molecule is CC(C)(C)CCCC(C(C)(C)C)C1(C(=O)OC(C)(C)c2ccccc2)OO1. The van der Waals surface area contributed by atoms with Crippen molar-refractivity contribution in [3.63, 3.8) is 0 Å². The van der Waals surface area contributed by atoms with Crippen molar-refractivity contribution in [2.75, 3.05) is 0 Å². The van der Waals surface area contributed by atoms with Crippen LogP contribution in [-0.2, 0) is 24.9 Å². The molecular formula is C23H36O4. The molecule has 1 atom stereocenters. The number of ether oxygens (including phenoxy) is 1. The normalized spacial score (nSPS) is 18.1. The molecule has 0 spiro atoms. The molecule has 0 amide bonds. The third kappa shape index (κ3) is 5.55. The zero-order valence-electron chi connectivity index (χ0n) is 18.2. The highest BCUT2D eigenvalue weighted by atomic mass is 17.4. The fourth-order valence-corrected chi connectivity index (χ4v) is 3.60. The van der Waals surface area contributed by atoms with Gasteiger partial charge in [-0.3, -0.25) is 0 Å². The number of carbonyl (C=O) groups excluding carboxylic acids is 1. The van der Waals surface area contributed by atoms with Crippen molar-refractivity contribution in [1.29, 1.82) is 0 Å². The van der Waals surface area contributed by atoms with Crippen molar-refractivity contribution in [1.82, 2.24) is 0 Å². The van der Waals surface area contributed by atoms with E-state index in [9.17, 15) is 4.79 Å². The molecule has 0 saturated carbocycles. The first-order valence-electron chi connectivity index (χ1n) is 9.94. The summed E-state index contributed by atoms with van der Waals surface area (Å²) in [4.78, 5) is 23.8. The summed E-state index contributed by atoms with van der Waals surface area (Å²) in [7, 11) is 0.